The summed E-state index contributed by atoms with van der Waals surface area (Å²) in [4.78, 5) is 1.98. The summed E-state index contributed by atoms with van der Waals surface area (Å²) < 4.78 is 0. The van der Waals surface area contributed by atoms with Crippen molar-refractivity contribution in [2.24, 2.45) is 0 Å². The predicted molar refractivity (Wildman–Crippen MR) is 63.7 cm³/mol. The fraction of sp³-hybridized carbons (Fsp3) is 0.167. The van der Waals surface area contributed by atoms with Crippen molar-refractivity contribution in [3.63, 3.8) is 0 Å². The zero-order valence-electron chi connectivity index (χ0n) is 9.23. The third-order valence-corrected chi connectivity index (χ3v) is 1.99. The number of rotatable bonds is 3. The van der Waals surface area contributed by atoms with E-state index in [0.29, 0.717) is 0 Å². The van der Waals surface area contributed by atoms with Crippen LogP contribution in [0.2, 0.25) is 0 Å². The minimum Gasteiger partial charge on any atom is -0.378 e. The molecule has 0 unspecified atom stereocenters. The third kappa shape index (κ3) is 3.04. The molecule has 0 atom stereocenters. The summed E-state index contributed by atoms with van der Waals surface area (Å²) in [5, 5.41) is 20.0. The lowest BCUT2D eigenvalue weighted by molar-refractivity contribution is 1.13. The summed E-state index contributed by atoms with van der Waals surface area (Å²) in [7, 11) is 3.90. The normalized spacial score (nSPS) is 8.50. The molecule has 0 bridgehead atoms. The highest BCUT2D eigenvalue weighted by molar-refractivity contribution is 5.59. The number of benzene rings is 1. The van der Waals surface area contributed by atoms with Gasteiger partial charge >= 0.3 is 0 Å². The summed E-state index contributed by atoms with van der Waals surface area (Å²) in [6.07, 6.45) is 1.40. The highest BCUT2D eigenvalue weighted by Crippen LogP contribution is 2.17. The van der Waals surface area contributed by atoms with Crippen LogP contribution in [0.25, 0.3) is 0 Å². The van der Waals surface area contributed by atoms with E-state index in [-0.39, 0.29) is 5.57 Å². The number of nitrogens with zero attached hydrogens (tertiary/aromatic N) is 3. The van der Waals surface area contributed by atoms with Crippen LogP contribution in [-0.2, 0) is 0 Å². The smallest absolute Gasteiger partial charge is 0.145 e. The third-order valence-electron chi connectivity index (χ3n) is 1.99. The van der Waals surface area contributed by atoms with Crippen molar-refractivity contribution in [1.82, 2.24) is 0 Å². The van der Waals surface area contributed by atoms with Gasteiger partial charge in [-0.3, -0.25) is 0 Å². The molecule has 16 heavy (non-hydrogen) atoms. The Morgan fingerprint density at radius 2 is 2.00 bits per heavy atom. The second-order valence-corrected chi connectivity index (χ2v) is 3.37. The van der Waals surface area contributed by atoms with Crippen LogP contribution in [-0.4, -0.2) is 14.1 Å². The summed E-state index contributed by atoms with van der Waals surface area (Å²) >= 11 is 0. The first-order chi connectivity index (χ1) is 7.67. The fourth-order valence-corrected chi connectivity index (χ4v) is 1.12. The Bertz CT molecular complexity index is 459. The summed E-state index contributed by atoms with van der Waals surface area (Å²) in [5.74, 6) is 0. The van der Waals surface area contributed by atoms with E-state index < -0.39 is 0 Å². The van der Waals surface area contributed by atoms with Gasteiger partial charge in [-0.15, -0.1) is 0 Å². The van der Waals surface area contributed by atoms with Gasteiger partial charge < -0.3 is 10.2 Å². The van der Waals surface area contributed by atoms with Crippen LogP contribution in [0.4, 0.5) is 11.4 Å². The average Bonchev–Trinajstić information content (AvgIpc) is 2.31. The molecule has 1 aromatic carbocycles. The van der Waals surface area contributed by atoms with Gasteiger partial charge in [0.2, 0.25) is 0 Å². The second-order valence-electron chi connectivity index (χ2n) is 3.37. The van der Waals surface area contributed by atoms with E-state index in [0.717, 1.165) is 11.4 Å². The summed E-state index contributed by atoms with van der Waals surface area (Å²) in [6, 6.07) is 11.3. The van der Waals surface area contributed by atoms with E-state index in [2.05, 4.69) is 5.32 Å². The molecule has 0 aliphatic carbocycles. The van der Waals surface area contributed by atoms with Gasteiger partial charge in [-0.05, 0) is 18.2 Å². The maximum atomic E-state index is 8.56. The SMILES string of the molecule is CN(C)c1cccc(NC=C(C#N)C#N)c1. The lowest BCUT2D eigenvalue weighted by atomic mass is 10.2. The maximum absolute atomic E-state index is 8.56. The Balaban J connectivity index is 2.84. The largest absolute Gasteiger partial charge is 0.378 e. The van der Waals surface area contributed by atoms with Crippen molar-refractivity contribution in [2.45, 2.75) is 0 Å². The molecule has 0 amide bonds. The van der Waals surface area contributed by atoms with Crippen LogP contribution in [0, 0.1) is 22.7 Å². The average molecular weight is 212 g/mol. The summed E-state index contributed by atoms with van der Waals surface area (Å²) in [5.41, 5.74) is 1.94. The molecule has 0 aromatic heterocycles. The van der Waals surface area contributed by atoms with E-state index in [1.807, 2.05) is 43.3 Å². The van der Waals surface area contributed by atoms with Gasteiger partial charge in [0.05, 0.1) is 0 Å². The van der Waals surface area contributed by atoms with Crippen LogP contribution >= 0.6 is 0 Å². The minimum absolute atomic E-state index is 0.0512. The van der Waals surface area contributed by atoms with Crippen molar-refractivity contribution in [3.8, 4) is 12.1 Å². The molecule has 4 nitrogen and oxygen atoms in total. The van der Waals surface area contributed by atoms with E-state index in [4.69, 9.17) is 10.5 Å². The van der Waals surface area contributed by atoms with E-state index in [9.17, 15) is 0 Å². The lowest BCUT2D eigenvalue weighted by Crippen LogP contribution is -2.08. The zero-order chi connectivity index (χ0) is 12.0. The Morgan fingerprint density at radius 1 is 1.31 bits per heavy atom. The molecule has 4 heteroatoms. The topological polar surface area (TPSA) is 62.9 Å². The molecule has 0 aliphatic rings. The molecule has 0 saturated heterocycles. The van der Waals surface area contributed by atoms with Crippen molar-refractivity contribution in [1.29, 1.82) is 10.5 Å². The van der Waals surface area contributed by atoms with Crippen LogP contribution < -0.4 is 10.2 Å². The molecular weight excluding hydrogens is 200 g/mol. The van der Waals surface area contributed by atoms with E-state index in [1.54, 1.807) is 12.1 Å². The highest BCUT2D eigenvalue weighted by atomic mass is 15.1. The molecule has 1 N–H and O–H groups in total. The molecule has 80 valence electrons. The second kappa shape index (κ2) is 5.43. The molecule has 1 aromatic rings. The van der Waals surface area contributed by atoms with E-state index >= 15 is 0 Å². The number of hydrogen-bond acceptors (Lipinski definition) is 4. The molecule has 0 heterocycles. The number of hydrogen-bond donors (Lipinski definition) is 1. The van der Waals surface area contributed by atoms with Gasteiger partial charge in [0, 0.05) is 31.7 Å². The quantitative estimate of drug-likeness (QED) is 0.779. The first kappa shape index (κ1) is 11.6. The molecular formula is C12H12N4. The molecule has 0 saturated carbocycles. The van der Waals surface area contributed by atoms with Crippen LogP contribution in [0.5, 0.6) is 0 Å². The molecule has 0 aliphatic heterocycles. The Morgan fingerprint density at radius 3 is 2.56 bits per heavy atom. The minimum atomic E-state index is 0.0512. The summed E-state index contributed by atoms with van der Waals surface area (Å²) in [6.45, 7) is 0. The standard InChI is InChI=1S/C12H12N4/c1-16(2)12-5-3-4-11(6-12)15-9-10(7-13)8-14/h3-6,9,15H,1-2H3. The first-order valence-electron chi connectivity index (χ1n) is 4.71. The Labute approximate surface area is 95.0 Å². The van der Waals surface area contributed by atoms with Crippen molar-refractivity contribution >= 4 is 11.4 Å². The Kier molecular flexibility index (Phi) is 3.94. The van der Waals surface area contributed by atoms with Crippen LogP contribution in [0.1, 0.15) is 0 Å². The Hall–Kier alpha value is -2.46. The predicted octanol–water partition coefficient (Wildman–Crippen LogP) is 2.10. The lowest BCUT2D eigenvalue weighted by Gasteiger charge is -2.13. The monoisotopic (exact) mass is 212 g/mol. The van der Waals surface area contributed by atoms with Crippen LogP contribution in [0.15, 0.2) is 36.0 Å². The fourth-order valence-electron chi connectivity index (χ4n) is 1.12. The number of nitriles is 2. The molecule has 0 spiro atoms. The van der Waals surface area contributed by atoms with Gasteiger partial charge in [0.25, 0.3) is 0 Å². The zero-order valence-corrected chi connectivity index (χ0v) is 9.23. The first-order valence-corrected chi connectivity index (χ1v) is 4.71. The van der Waals surface area contributed by atoms with Gasteiger partial charge in [-0.25, -0.2) is 0 Å². The number of nitrogens with one attached hydrogen (secondary N) is 1. The highest BCUT2D eigenvalue weighted by Gasteiger charge is 1.96. The van der Waals surface area contributed by atoms with E-state index in [1.165, 1.54) is 6.20 Å². The van der Waals surface area contributed by atoms with Crippen molar-refractivity contribution in [2.75, 3.05) is 24.3 Å². The van der Waals surface area contributed by atoms with Gasteiger partial charge in [-0.2, -0.15) is 10.5 Å². The van der Waals surface area contributed by atoms with Gasteiger partial charge in [0.1, 0.15) is 17.7 Å². The molecule has 0 radical (unpaired) electrons. The molecule has 1 rings (SSSR count). The number of anilines is 2. The molecule has 0 fully saturated rings. The van der Waals surface area contributed by atoms with Crippen molar-refractivity contribution < 1.29 is 0 Å². The van der Waals surface area contributed by atoms with Gasteiger partial charge in [0.15, 0.2) is 0 Å². The van der Waals surface area contributed by atoms with Crippen LogP contribution in [0.3, 0.4) is 0 Å². The van der Waals surface area contributed by atoms with Gasteiger partial charge in [-0.1, -0.05) is 6.07 Å². The maximum Gasteiger partial charge on any atom is 0.145 e. The van der Waals surface area contributed by atoms with Crippen molar-refractivity contribution in [3.05, 3.63) is 36.0 Å². The number of allylic oxidation sites excluding steroid dienone is 1.